The van der Waals surface area contributed by atoms with E-state index in [0.717, 1.165) is 12.0 Å². The number of nitrogens with zero attached hydrogens (tertiary/aromatic N) is 4. The van der Waals surface area contributed by atoms with Gasteiger partial charge in [-0.25, -0.2) is 0 Å². The Morgan fingerprint density at radius 2 is 2.18 bits per heavy atom. The van der Waals surface area contributed by atoms with Gasteiger partial charge in [-0.3, -0.25) is 14.2 Å². The number of aromatic nitrogens is 4. The van der Waals surface area contributed by atoms with Crippen LogP contribution in [-0.2, 0) is 7.05 Å². The fourth-order valence-corrected chi connectivity index (χ4v) is 2.04. The predicted molar refractivity (Wildman–Crippen MR) is 65.2 cm³/mol. The summed E-state index contributed by atoms with van der Waals surface area (Å²) < 4.78 is 3.30. The van der Waals surface area contributed by atoms with Gasteiger partial charge in [0.05, 0.1) is 11.3 Å². The van der Waals surface area contributed by atoms with Gasteiger partial charge >= 0.3 is 0 Å². The van der Waals surface area contributed by atoms with Crippen LogP contribution in [0, 0.1) is 0 Å². The molecule has 90 valence electrons. The number of carbonyl (C=O) groups is 1. The van der Waals surface area contributed by atoms with Crippen LogP contribution in [0.1, 0.15) is 30.2 Å². The molecule has 17 heavy (non-hydrogen) atoms. The maximum Gasteiger partial charge on any atom is 0.155 e. The fourth-order valence-electron chi connectivity index (χ4n) is 1.67. The zero-order valence-electron chi connectivity index (χ0n) is 9.88. The molecule has 0 saturated carbocycles. The lowest BCUT2D eigenvalue weighted by molar-refractivity contribution is 0.112. The van der Waals surface area contributed by atoms with Crippen LogP contribution >= 0.6 is 11.6 Å². The highest BCUT2D eigenvalue weighted by Gasteiger charge is 2.20. The lowest BCUT2D eigenvalue weighted by atomic mass is 10.2. The summed E-state index contributed by atoms with van der Waals surface area (Å²) in [5, 5.41) is 8.80. The third kappa shape index (κ3) is 1.86. The van der Waals surface area contributed by atoms with Crippen LogP contribution in [-0.4, -0.2) is 25.8 Å². The monoisotopic (exact) mass is 252 g/mol. The minimum atomic E-state index is 0.100. The first-order chi connectivity index (χ1) is 8.06. The van der Waals surface area contributed by atoms with Crippen molar-refractivity contribution < 1.29 is 4.79 Å². The molecule has 0 atom stereocenters. The number of hydrogen-bond acceptors (Lipinski definition) is 3. The van der Waals surface area contributed by atoms with Gasteiger partial charge in [-0.2, -0.15) is 10.2 Å². The molecule has 0 saturated heterocycles. The topological polar surface area (TPSA) is 52.7 Å². The van der Waals surface area contributed by atoms with Gasteiger partial charge in [-0.1, -0.05) is 11.6 Å². The van der Waals surface area contributed by atoms with Crippen molar-refractivity contribution >= 4 is 17.9 Å². The molecule has 0 fully saturated rings. The predicted octanol–water partition coefficient (Wildman–Crippen LogP) is 2.33. The van der Waals surface area contributed by atoms with Crippen molar-refractivity contribution in [3.05, 3.63) is 23.0 Å². The third-order valence-corrected chi connectivity index (χ3v) is 2.93. The van der Waals surface area contributed by atoms with E-state index < -0.39 is 0 Å². The van der Waals surface area contributed by atoms with Crippen molar-refractivity contribution in [3.8, 4) is 11.4 Å². The second-order valence-corrected chi connectivity index (χ2v) is 4.41. The minimum Gasteiger partial charge on any atom is -0.298 e. The lowest BCUT2D eigenvalue weighted by Crippen LogP contribution is -2.03. The Balaban J connectivity index is 2.66. The van der Waals surface area contributed by atoms with Gasteiger partial charge in [0.25, 0.3) is 0 Å². The van der Waals surface area contributed by atoms with Gasteiger partial charge in [-0.05, 0) is 19.9 Å². The highest BCUT2D eigenvalue weighted by Crippen LogP contribution is 2.28. The number of rotatable bonds is 3. The van der Waals surface area contributed by atoms with Gasteiger partial charge in [0.15, 0.2) is 6.29 Å². The molecule has 2 heterocycles. The average molecular weight is 253 g/mol. The molecule has 5 nitrogen and oxygen atoms in total. The smallest absolute Gasteiger partial charge is 0.155 e. The number of halogens is 1. The Hall–Kier alpha value is -1.62. The molecule has 2 aromatic rings. The van der Waals surface area contributed by atoms with Gasteiger partial charge in [0.1, 0.15) is 10.8 Å². The number of carbonyl (C=O) groups excluding carboxylic acids is 1. The second kappa shape index (κ2) is 4.33. The summed E-state index contributed by atoms with van der Waals surface area (Å²) in [6, 6.07) is 1.90. The summed E-state index contributed by atoms with van der Waals surface area (Å²) in [5.41, 5.74) is 1.75. The molecule has 0 unspecified atom stereocenters. The first kappa shape index (κ1) is 11.9. The molecule has 0 aliphatic rings. The molecule has 2 rings (SSSR count). The quantitative estimate of drug-likeness (QED) is 0.788. The lowest BCUT2D eigenvalue weighted by Gasteiger charge is -2.05. The molecule has 0 aliphatic heterocycles. The van der Waals surface area contributed by atoms with Crippen LogP contribution in [0.2, 0.25) is 5.15 Å². The van der Waals surface area contributed by atoms with Crippen molar-refractivity contribution in [2.24, 2.45) is 7.05 Å². The molecular formula is C11H13ClN4O. The van der Waals surface area contributed by atoms with Crippen LogP contribution < -0.4 is 0 Å². The van der Waals surface area contributed by atoms with Crippen molar-refractivity contribution in [3.63, 3.8) is 0 Å². The van der Waals surface area contributed by atoms with E-state index in [1.807, 2.05) is 13.8 Å². The normalized spacial score (nSPS) is 11.1. The Bertz CT molecular complexity index is 556. The zero-order chi connectivity index (χ0) is 12.6. The van der Waals surface area contributed by atoms with E-state index in [-0.39, 0.29) is 6.04 Å². The van der Waals surface area contributed by atoms with E-state index in [0.29, 0.717) is 16.4 Å². The molecular weight excluding hydrogens is 240 g/mol. The van der Waals surface area contributed by atoms with E-state index in [2.05, 4.69) is 10.2 Å². The van der Waals surface area contributed by atoms with Crippen molar-refractivity contribution in [2.75, 3.05) is 0 Å². The van der Waals surface area contributed by atoms with Crippen LogP contribution in [0.25, 0.3) is 11.4 Å². The molecule has 0 aliphatic carbocycles. The SMILES string of the molecule is CC(C)n1nc(-c2ccnn2C)c(C=O)c1Cl. The Labute approximate surface area is 104 Å². The first-order valence-electron chi connectivity index (χ1n) is 5.27. The van der Waals surface area contributed by atoms with Crippen LogP contribution in [0.3, 0.4) is 0 Å². The Morgan fingerprint density at radius 3 is 2.65 bits per heavy atom. The second-order valence-electron chi connectivity index (χ2n) is 4.05. The van der Waals surface area contributed by atoms with E-state index in [1.165, 1.54) is 0 Å². The van der Waals surface area contributed by atoms with Gasteiger partial charge in [-0.15, -0.1) is 0 Å². The molecule has 0 amide bonds. The summed E-state index contributed by atoms with van der Waals surface area (Å²) >= 11 is 6.13. The van der Waals surface area contributed by atoms with E-state index in [1.54, 1.807) is 28.7 Å². The van der Waals surface area contributed by atoms with E-state index in [4.69, 9.17) is 11.6 Å². The molecule has 0 aromatic carbocycles. The minimum absolute atomic E-state index is 0.100. The maximum absolute atomic E-state index is 11.1. The first-order valence-corrected chi connectivity index (χ1v) is 5.65. The molecule has 0 radical (unpaired) electrons. The molecule has 0 spiro atoms. The summed E-state index contributed by atoms with van der Waals surface area (Å²) in [6.07, 6.45) is 2.39. The van der Waals surface area contributed by atoms with E-state index in [9.17, 15) is 4.79 Å². The highest BCUT2D eigenvalue weighted by atomic mass is 35.5. The average Bonchev–Trinajstić information content (AvgIpc) is 2.81. The summed E-state index contributed by atoms with van der Waals surface area (Å²) in [7, 11) is 1.80. The van der Waals surface area contributed by atoms with E-state index >= 15 is 0 Å². The molecule has 0 N–H and O–H groups in total. The van der Waals surface area contributed by atoms with Gasteiger partial charge < -0.3 is 0 Å². The number of aryl methyl sites for hydroxylation is 1. The van der Waals surface area contributed by atoms with Crippen LogP contribution in [0.15, 0.2) is 12.3 Å². The fraction of sp³-hybridized carbons (Fsp3) is 0.364. The number of aldehydes is 1. The molecule has 0 bridgehead atoms. The summed E-state index contributed by atoms with van der Waals surface area (Å²) in [5.74, 6) is 0. The van der Waals surface area contributed by atoms with Crippen molar-refractivity contribution in [1.82, 2.24) is 19.6 Å². The number of hydrogen-bond donors (Lipinski definition) is 0. The Kier molecular flexibility index (Phi) is 3.02. The van der Waals surface area contributed by atoms with Crippen molar-refractivity contribution in [1.29, 1.82) is 0 Å². The largest absolute Gasteiger partial charge is 0.298 e. The summed E-state index contributed by atoms with van der Waals surface area (Å²) in [6.45, 7) is 3.92. The Morgan fingerprint density at radius 1 is 1.47 bits per heavy atom. The van der Waals surface area contributed by atoms with Gasteiger partial charge in [0, 0.05) is 19.3 Å². The van der Waals surface area contributed by atoms with Crippen LogP contribution in [0.4, 0.5) is 0 Å². The standard InChI is InChI=1S/C11H13ClN4O/c1-7(2)16-11(12)8(6-17)10(14-16)9-4-5-13-15(9)3/h4-7H,1-3H3. The van der Waals surface area contributed by atoms with Crippen molar-refractivity contribution in [2.45, 2.75) is 19.9 Å². The third-order valence-electron chi connectivity index (χ3n) is 2.56. The molecule has 2 aromatic heterocycles. The van der Waals surface area contributed by atoms with Gasteiger partial charge in [0.2, 0.25) is 0 Å². The summed E-state index contributed by atoms with van der Waals surface area (Å²) in [4.78, 5) is 11.1. The molecule has 6 heteroatoms. The maximum atomic E-state index is 11.1. The zero-order valence-corrected chi connectivity index (χ0v) is 10.6. The van der Waals surface area contributed by atoms with Crippen LogP contribution in [0.5, 0.6) is 0 Å². The highest BCUT2D eigenvalue weighted by molar-refractivity contribution is 6.32.